The number of fused-ring (bicyclic) bond motifs is 1. The Morgan fingerprint density at radius 3 is 2.45 bits per heavy atom. The van der Waals surface area contributed by atoms with E-state index in [0.717, 1.165) is 16.8 Å². The molecule has 0 spiro atoms. The third-order valence-corrected chi connectivity index (χ3v) is 5.76. The number of benzene rings is 3. The lowest BCUT2D eigenvalue weighted by atomic mass is 10.0. The molecule has 0 aliphatic carbocycles. The van der Waals surface area contributed by atoms with Gasteiger partial charge in [-0.15, -0.1) is 0 Å². The highest BCUT2D eigenvalue weighted by Crippen LogP contribution is 2.25. The second-order valence-corrected chi connectivity index (χ2v) is 7.87. The fraction of sp³-hybridized carbons (Fsp3) is 0.192. The van der Waals surface area contributed by atoms with Crippen LogP contribution in [0.15, 0.2) is 83.9 Å². The monoisotopic (exact) mass is 440 g/mol. The maximum Gasteiger partial charge on any atom is 0.269 e. The number of carbonyl (C=O) groups is 2. The molecule has 3 aromatic rings. The van der Waals surface area contributed by atoms with Crippen LogP contribution in [0, 0.1) is 0 Å². The molecule has 1 saturated heterocycles. The van der Waals surface area contributed by atoms with Gasteiger partial charge in [0, 0.05) is 29.9 Å². The van der Waals surface area contributed by atoms with Crippen molar-refractivity contribution in [3.63, 3.8) is 0 Å². The van der Waals surface area contributed by atoms with E-state index < -0.39 is 6.17 Å². The lowest BCUT2D eigenvalue weighted by Gasteiger charge is -2.30. The lowest BCUT2D eigenvalue weighted by Crippen LogP contribution is -2.43. The Kier molecular flexibility index (Phi) is 5.87. The number of nitrogens with zero attached hydrogens (tertiary/aromatic N) is 2. The lowest BCUT2D eigenvalue weighted by molar-refractivity contribution is -0.117. The SMILES string of the molecule is O=C(N[C@H]1N=C(c2ccccc2)c2ccccc2NC1=O)c1ccccc1N1CCOCC1. The van der Waals surface area contributed by atoms with Crippen LogP contribution in [0.5, 0.6) is 0 Å². The quantitative estimate of drug-likeness (QED) is 0.653. The van der Waals surface area contributed by atoms with Gasteiger partial charge in [0.25, 0.3) is 11.8 Å². The first-order valence-electron chi connectivity index (χ1n) is 11.0. The number of ether oxygens (including phenoxy) is 1. The summed E-state index contributed by atoms with van der Waals surface area (Å²) in [7, 11) is 0. The van der Waals surface area contributed by atoms with Gasteiger partial charge in [-0.05, 0) is 18.2 Å². The van der Waals surface area contributed by atoms with Gasteiger partial charge in [-0.1, -0.05) is 60.7 Å². The molecule has 1 fully saturated rings. The van der Waals surface area contributed by atoms with Crippen LogP contribution in [0.4, 0.5) is 11.4 Å². The predicted molar refractivity (Wildman–Crippen MR) is 128 cm³/mol. The smallest absolute Gasteiger partial charge is 0.269 e. The molecule has 7 nitrogen and oxygen atoms in total. The zero-order valence-electron chi connectivity index (χ0n) is 18.0. The Morgan fingerprint density at radius 1 is 0.939 bits per heavy atom. The zero-order chi connectivity index (χ0) is 22.6. The molecular weight excluding hydrogens is 416 g/mol. The molecule has 166 valence electrons. The van der Waals surface area contributed by atoms with Crippen molar-refractivity contribution in [2.75, 3.05) is 36.5 Å². The fourth-order valence-corrected chi connectivity index (χ4v) is 4.13. The summed E-state index contributed by atoms with van der Waals surface area (Å²) >= 11 is 0. The zero-order valence-corrected chi connectivity index (χ0v) is 18.0. The third-order valence-electron chi connectivity index (χ3n) is 5.76. The first-order valence-corrected chi connectivity index (χ1v) is 11.0. The van der Waals surface area contributed by atoms with Crippen LogP contribution >= 0.6 is 0 Å². The van der Waals surface area contributed by atoms with E-state index in [4.69, 9.17) is 9.73 Å². The summed E-state index contributed by atoms with van der Waals surface area (Å²) < 4.78 is 5.44. The van der Waals surface area contributed by atoms with Crippen molar-refractivity contribution in [3.05, 3.63) is 95.6 Å². The molecule has 0 aromatic heterocycles. The van der Waals surface area contributed by atoms with Crippen LogP contribution in [0.25, 0.3) is 0 Å². The first kappa shape index (κ1) is 20.9. The number of amides is 2. The van der Waals surface area contributed by atoms with E-state index in [9.17, 15) is 9.59 Å². The average molecular weight is 441 g/mol. The topological polar surface area (TPSA) is 83.0 Å². The van der Waals surface area contributed by atoms with Crippen molar-refractivity contribution in [1.29, 1.82) is 0 Å². The van der Waals surface area contributed by atoms with Crippen LogP contribution in [0.2, 0.25) is 0 Å². The number of nitrogens with one attached hydrogen (secondary N) is 2. The number of anilines is 2. The van der Waals surface area contributed by atoms with Crippen LogP contribution in [-0.2, 0) is 9.53 Å². The molecular formula is C26H24N4O3. The number of carbonyl (C=O) groups excluding carboxylic acids is 2. The van der Waals surface area contributed by atoms with Crippen LogP contribution in [-0.4, -0.2) is 50.0 Å². The van der Waals surface area contributed by atoms with Gasteiger partial charge in [0.1, 0.15) is 0 Å². The average Bonchev–Trinajstić information content (AvgIpc) is 3.01. The number of morpholine rings is 1. The summed E-state index contributed by atoms with van der Waals surface area (Å²) in [6.07, 6.45) is -1.07. The van der Waals surface area contributed by atoms with E-state index in [1.165, 1.54) is 0 Å². The van der Waals surface area contributed by atoms with Gasteiger partial charge in [0.05, 0.1) is 30.2 Å². The number of rotatable bonds is 4. The van der Waals surface area contributed by atoms with Crippen molar-refractivity contribution >= 4 is 28.9 Å². The first-order chi connectivity index (χ1) is 16.2. The van der Waals surface area contributed by atoms with Gasteiger partial charge in [0.15, 0.2) is 0 Å². The third kappa shape index (κ3) is 4.36. The number of benzodiazepines with no additional fused rings is 1. The molecule has 7 heteroatoms. The molecule has 2 aliphatic heterocycles. The van der Waals surface area contributed by atoms with Gasteiger partial charge in [-0.25, -0.2) is 4.99 Å². The van der Waals surface area contributed by atoms with Crippen LogP contribution < -0.4 is 15.5 Å². The molecule has 2 amide bonds. The standard InChI is InChI=1S/C26H24N4O3/c31-25(20-11-5-7-13-22(20)30-14-16-33-17-15-30)29-24-26(32)27-21-12-6-4-10-19(21)23(28-24)18-8-2-1-3-9-18/h1-13,24H,14-17H2,(H,27,32)(H,29,31)/t24-/m1/s1. The molecule has 3 aromatic carbocycles. The van der Waals surface area contributed by atoms with Crippen molar-refractivity contribution < 1.29 is 14.3 Å². The van der Waals surface area contributed by atoms with E-state index in [1.807, 2.05) is 72.8 Å². The summed E-state index contributed by atoms with van der Waals surface area (Å²) in [6, 6.07) is 24.6. The van der Waals surface area contributed by atoms with Gasteiger partial charge in [0.2, 0.25) is 6.17 Å². The molecule has 33 heavy (non-hydrogen) atoms. The predicted octanol–water partition coefficient (Wildman–Crippen LogP) is 3.07. The summed E-state index contributed by atoms with van der Waals surface area (Å²) in [5.41, 5.74) is 4.32. The highest BCUT2D eigenvalue weighted by atomic mass is 16.5. The Bertz CT molecular complexity index is 1200. The van der Waals surface area contributed by atoms with Gasteiger partial charge >= 0.3 is 0 Å². The van der Waals surface area contributed by atoms with Crippen molar-refractivity contribution in [3.8, 4) is 0 Å². The normalized spacial score (nSPS) is 17.9. The summed E-state index contributed by atoms with van der Waals surface area (Å²) in [5.74, 6) is -0.732. The van der Waals surface area contributed by atoms with Crippen molar-refractivity contribution in [2.45, 2.75) is 6.17 Å². The van der Waals surface area contributed by atoms with Crippen molar-refractivity contribution in [1.82, 2.24) is 5.32 Å². The molecule has 2 aliphatic rings. The molecule has 2 heterocycles. The molecule has 0 unspecified atom stereocenters. The number of para-hydroxylation sites is 2. The fourth-order valence-electron chi connectivity index (χ4n) is 4.13. The number of aliphatic imine (C=N–C) groups is 1. The molecule has 2 N–H and O–H groups in total. The highest BCUT2D eigenvalue weighted by molar-refractivity contribution is 6.20. The van der Waals surface area contributed by atoms with Crippen LogP contribution in [0.3, 0.4) is 0 Å². The minimum Gasteiger partial charge on any atom is -0.378 e. The second-order valence-electron chi connectivity index (χ2n) is 7.87. The number of hydrogen-bond donors (Lipinski definition) is 2. The molecule has 0 radical (unpaired) electrons. The summed E-state index contributed by atoms with van der Waals surface area (Å²) in [4.78, 5) is 33.2. The van der Waals surface area contributed by atoms with E-state index >= 15 is 0 Å². The largest absolute Gasteiger partial charge is 0.378 e. The molecule has 0 saturated carbocycles. The Morgan fingerprint density at radius 2 is 1.64 bits per heavy atom. The molecule has 0 bridgehead atoms. The van der Waals surface area contributed by atoms with Gasteiger partial charge in [-0.3, -0.25) is 9.59 Å². The Labute approximate surface area is 192 Å². The van der Waals surface area contributed by atoms with E-state index in [2.05, 4.69) is 15.5 Å². The van der Waals surface area contributed by atoms with E-state index in [0.29, 0.717) is 43.3 Å². The van der Waals surface area contributed by atoms with E-state index in [-0.39, 0.29) is 11.8 Å². The maximum absolute atomic E-state index is 13.3. The van der Waals surface area contributed by atoms with Crippen molar-refractivity contribution in [2.24, 2.45) is 4.99 Å². The van der Waals surface area contributed by atoms with Gasteiger partial charge < -0.3 is 20.3 Å². The Balaban J connectivity index is 1.49. The molecule has 5 rings (SSSR count). The second kappa shape index (κ2) is 9.26. The minimum atomic E-state index is -1.07. The summed E-state index contributed by atoms with van der Waals surface area (Å²) in [5, 5.41) is 5.75. The van der Waals surface area contributed by atoms with E-state index in [1.54, 1.807) is 6.07 Å². The Hall–Kier alpha value is -3.97. The minimum absolute atomic E-state index is 0.348. The maximum atomic E-state index is 13.3. The highest BCUT2D eigenvalue weighted by Gasteiger charge is 2.28. The number of hydrogen-bond acceptors (Lipinski definition) is 5. The summed E-state index contributed by atoms with van der Waals surface area (Å²) in [6.45, 7) is 2.65. The van der Waals surface area contributed by atoms with Gasteiger partial charge in [-0.2, -0.15) is 0 Å². The van der Waals surface area contributed by atoms with Crippen LogP contribution in [0.1, 0.15) is 21.5 Å². The molecule has 1 atom stereocenters.